The lowest BCUT2D eigenvalue weighted by atomic mass is 9.83. The highest BCUT2D eigenvalue weighted by Crippen LogP contribution is 2.28. The van der Waals surface area contributed by atoms with Gasteiger partial charge in [-0.15, -0.1) is 0 Å². The fourth-order valence-corrected chi connectivity index (χ4v) is 2.91. The van der Waals surface area contributed by atoms with Gasteiger partial charge >= 0.3 is 0 Å². The zero-order valence-electron chi connectivity index (χ0n) is 13.0. The standard InChI is InChI=1S/C20H24O/c1-3-10-16(2)15-19(21)20(17-11-6-4-7-12-17)18-13-8-5-9-14-18/h4-9,11-14,16,20H,3,10,15H2,1-2H3. The van der Waals surface area contributed by atoms with Crippen molar-refractivity contribution in [3.63, 3.8) is 0 Å². The molecule has 21 heavy (non-hydrogen) atoms. The molecular weight excluding hydrogens is 256 g/mol. The summed E-state index contributed by atoms with van der Waals surface area (Å²) in [6.45, 7) is 4.35. The molecule has 1 unspecified atom stereocenters. The Kier molecular flexibility index (Phi) is 5.74. The van der Waals surface area contributed by atoms with E-state index in [0.717, 1.165) is 24.0 Å². The first-order valence-corrected chi connectivity index (χ1v) is 7.85. The third kappa shape index (κ3) is 4.29. The molecule has 0 aromatic heterocycles. The Morgan fingerprint density at radius 2 is 1.38 bits per heavy atom. The van der Waals surface area contributed by atoms with Gasteiger partial charge in [-0.25, -0.2) is 0 Å². The number of rotatable bonds is 7. The van der Waals surface area contributed by atoms with Crippen molar-refractivity contribution in [1.82, 2.24) is 0 Å². The summed E-state index contributed by atoms with van der Waals surface area (Å²) in [6, 6.07) is 20.2. The smallest absolute Gasteiger partial charge is 0.144 e. The molecule has 2 aromatic carbocycles. The van der Waals surface area contributed by atoms with E-state index in [1.807, 2.05) is 36.4 Å². The highest BCUT2D eigenvalue weighted by Gasteiger charge is 2.23. The van der Waals surface area contributed by atoms with Crippen molar-refractivity contribution in [2.45, 2.75) is 39.0 Å². The van der Waals surface area contributed by atoms with Gasteiger partial charge in [0.1, 0.15) is 5.78 Å². The molecule has 110 valence electrons. The van der Waals surface area contributed by atoms with Crippen LogP contribution in [0.5, 0.6) is 0 Å². The van der Waals surface area contributed by atoms with Crippen molar-refractivity contribution >= 4 is 5.78 Å². The summed E-state index contributed by atoms with van der Waals surface area (Å²) in [5, 5.41) is 0. The Hall–Kier alpha value is -1.89. The Labute approximate surface area is 128 Å². The van der Waals surface area contributed by atoms with Gasteiger partial charge in [-0.2, -0.15) is 0 Å². The summed E-state index contributed by atoms with van der Waals surface area (Å²) in [4.78, 5) is 12.8. The van der Waals surface area contributed by atoms with E-state index in [4.69, 9.17) is 0 Å². The Morgan fingerprint density at radius 3 is 1.81 bits per heavy atom. The first-order chi connectivity index (χ1) is 10.2. The molecule has 0 saturated carbocycles. The lowest BCUT2D eigenvalue weighted by Crippen LogP contribution is -2.17. The van der Waals surface area contributed by atoms with Gasteiger partial charge in [0, 0.05) is 6.42 Å². The van der Waals surface area contributed by atoms with Crippen LogP contribution >= 0.6 is 0 Å². The molecule has 1 nitrogen and oxygen atoms in total. The number of hydrogen-bond donors (Lipinski definition) is 0. The molecule has 1 atom stereocenters. The highest BCUT2D eigenvalue weighted by atomic mass is 16.1. The lowest BCUT2D eigenvalue weighted by Gasteiger charge is -2.19. The maximum absolute atomic E-state index is 12.8. The minimum absolute atomic E-state index is 0.133. The molecule has 0 saturated heterocycles. The summed E-state index contributed by atoms with van der Waals surface area (Å²) in [5.41, 5.74) is 2.19. The SMILES string of the molecule is CCCC(C)CC(=O)C(c1ccccc1)c1ccccc1. The van der Waals surface area contributed by atoms with Gasteiger partial charge in [0.2, 0.25) is 0 Å². The molecule has 0 amide bonds. The number of ketones is 1. The monoisotopic (exact) mass is 280 g/mol. The van der Waals surface area contributed by atoms with Gasteiger partial charge < -0.3 is 0 Å². The van der Waals surface area contributed by atoms with E-state index in [1.54, 1.807) is 0 Å². The van der Waals surface area contributed by atoms with Gasteiger partial charge in [0.05, 0.1) is 5.92 Å². The Bertz CT molecular complexity index is 505. The molecule has 0 bridgehead atoms. The van der Waals surface area contributed by atoms with E-state index in [-0.39, 0.29) is 5.92 Å². The Balaban J connectivity index is 2.27. The normalized spacial score (nSPS) is 12.3. The Morgan fingerprint density at radius 1 is 0.905 bits per heavy atom. The van der Waals surface area contributed by atoms with E-state index in [2.05, 4.69) is 38.1 Å². The topological polar surface area (TPSA) is 17.1 Å². The van der Waals surface area contributed by atoms with Crippen molar-refractivity contribution < 1.29 is 4.79 Å². The second-order valence-electron chi connectivity index (χ2n) is 5.82. The van der Waals surface area contributed by atoms with Crippen LogP contribution < -0.4 is 0 Å². The molecule has 0 fully saturated rings. The predicted molar refractivity (Wildman–Crippen MR) is 88.4 cm³/mol. The maximum Gasteiger partial charge on any atom is 0.144 e. The average Bonchev–Trinajstić information content (AvgIpc) is 2.50. The van der Waals surface area contributed by atoms with Crippen LogP contribution in [0.4, 0.5) is 0 Å². The van der Waals surface area contributed by atoms with Crippen LogP contribution in [0.1, 0.15) is 50.2 Å². The van der Waals surface area contributed by atoms with E-state index < -0.39 is 0 Å². The maximum atomic E-state index is 12.8. The van der Waals surface area contributed by atoms with E-state index in [9.17, 15) is 4.79 Å². The van der Waals surface area contributed by atoms with E-state index in [1.165, 1.54) is 0 Å². The van der Waals surface area contributed by atoms with E-state index in [0.29, 0.717) is 18.1 Å². The average molecular weight is 280 g/mol. The van der Waals surface area contributed by atoms with Gasteiger partial charge in [0.15, 0.2) is 0 Å². The molecule has 0 N–H and O–H groups in total. The zero-order chi connectivity index (χ0) is 15.1. The van der Waals surface area contributed by atoms with Crippen molar-refractivity contribution in [2.24, 2.45) is 5.92 Å². The molecule has 0 spiro atoms. The second kappa shape index (κ2) is 7.78. The van der Waals surface area contributed by atoms with Crippen LogP contribution in [0.3, 0.4) is 0 Å². The molecule has 0 heterocycles. The summed E-state index contributed by atoms with van der Waals surface area (Å²) >= 11 is 0. The van der Waals surface area contributed by atoms with Crippen molar-refractivity contribution in [3.8, 4) is 0 Å². The number of carbonyl (C=O) groups excluding carboxylic acids is 1. The van der Waals surface area contributed by atoms with Crippen LogP contribution in [0.25, 0.3) is 0 Å². The largest absolute Gasteiger partial charge is 0.299 e. The van der Waals surface area contributed by atoms with Crippen molar-refractivity contribution in [1.29, 1.82) is 0 Å². The molecule has 2 rings (SSSR count). The van der Waals surface area contributed by atoms with Crippen LogP contribution in [0.2, 0.25) is 0 Å². The third-order valence-electron chi connectivity index (χ3n) is 3.92. The quantitative estimate of drug-likeness (QED) is 0.680. The first-order valence-electron chi connectivity index (χ1n) is 7.85. The third-order valence-corrected chi connectivity index (χ3v) is 3.92. The zero-order valence-corrected chi connectivity index (χ0v) is 13.0. The summed E-state index contributed by atoms with van der Waals surface area (Å²) in [5.74, 6) is 0.650. The number of carbonyl (C=O) groups is 1. The summed E-state index contributed by atoms with van der Waals surface area (Å²) in [6.07, 6.45) is 2.90. The first kappa shape index (κ1) is 15.5. The second-order valence-corrected chi connectivity index (χ2v) is 5.82. The molecule has 0 aliphatic heterocycles. The van der Waals surface area contributed by atoms with Crippen molar-refractivity contribution in [2.75, 3.05) is 0 Å². The van der Waals surface area contributed by atoms with E-state index >= 15 is 0 Å². The van der Waals surface area contributed by atoms with Crippen molar-refractivity contribution in [3.05, 3.63) is 71.8 Å². The van der Waals surface area contributed by atoms with Gasteiger partial charge in [0.25, 0.3) is 0 Å². The van der Waals surface area contributed by atoms with Crippen LogP contribution in [-0.4, -0.2) is 5.78 Å². The summed E-state index contributed by atoms with van der Waals surface area (Å²) < 4.78 is 0. The van der Waals surface area contributed by atoms with Gasteiger partial charge in [-0.1, -0.05) is 87.4 Å². The van der Waals surface area contributed by atoms with Crippen LogP contribution in [0, 0.1) is 5.92 Å². The minimum Gasteiger partial charge on any atom is -0.299 e. The number of hydrogen-bond acceptors (Lipinski definition) is 1. The lowest BCUT2D eigenvalue weighted by molar-refractivity contribution is -0.120. The molecule has 0 radical (unpaired) electrons. The fourth-order valence-electron chi connectivity index (χ4n) is 2.91. The van der Waals surface area contributed by atoms with Crippen LogP contribution in [-0.2, 0) is 4.79 Å². The summed E-state index contributed by atoms with van der Waals surface area (Å²) in [7, 11) is 0. The molecule has 0 aliphatic rings. The minimum atomic E-state index is -0.133. The highest BCUT2D eigenvalue weighted by molar-refractivity contribution is 5.89. The number of Topliss-reactive ketones (excluding diaryl/α,β-unsaturated/α-hetero) is 1. The predicted octanol–water partition coefficient (Wildman–Crippen LogP) is 5.21. The molecular formula is C20H24O. The number of benzene rings is 2. The fraction of sp³-hybridized carbons (Fsp3) is 0.350. The molecule has 2 aromatic rings. The molecule has 0 aliphatic carbocycles. The van der Waals surface area contributed by atoms with Crippen LogP contribution in [0.15, 0.2) is 60.7 Å². The van der Waals surface area contributed by atoms with Gasteiger partial charge in [-0.05, 0) is 17.0 Å². The molecule has 1 heteroatoms. The van der Waals surface area contributed by atoms with Gasteiger partial charge in [-0.3, -0.25) is 4.79 Å².